The topological polar surface area (TPSA) is 38.3 Å². The third-order valence-corrected chi connectivity index (χ3v) is 6.50. The average Bonchev–Trinajstić information content (AvgIpc) is 3.26. The molecule has 2 saturated carbocycles. The van der Waals surface area contributed by atoms with Crippen LogP contribution in [0.5, 0.6) is 5.75 Å². The summed E-state index contributed by atoms with van der Waals surface area (Å²) in [6, 6.07) is 6.32. The number of aryl methyl sites for hydroxylation is 1. The van der Waals surface area contributed by atoms with Gasteiger partial charge in [-0.15, -0.1) is 0 Å². The van der Waals surface area contributed by atoms with Gasteiger partial charge in [0.2, 0.25) is 5.91 Å². The molecule has 0 aromatic heterocycles. The molecule has 2 bridgehead atoms. The fourth-order valence-corrected chi connectivity index (χ4v) is 5.12. The fourth-order valence-electron chi connectivity index (χ4n) is 5.12. The molecule has 3 atom stereocenters. The maximum atomic E-state index is 12.6. The van der Waals surface area contributed by atoms with E-state index in [4.69, 9.17) is 4.74 Å². The SMILES string of the molecule is O=C(NCc1ccc2c(c1)CCCO2)[C@@H]1C[C@H]2C=C[C@H]1C21CC1. The van der Waals surface area contributed by atoms with Crippen molar-refractivity contribution in [2.24, 2.45) is 23.2 Å². The number of ether oxygens (including phenoxy) is 1. The van der Waals surface area contributed by atoms with E-state index >= 15 is 0 Å². The molecule has 1 spiro atoms. The van der Waals surface area contributed by atoms with Crippen LogP contribution in [-0.4, -0.2) is 12.5 Å². The Balaban J connectivity index is 1.25. The molecule has 0 unspecified atom stereocenters. The molecule has 0 radical (unpaired) electrons. The highest BCUT2D eigenvalue weighted by atomic mass is 16.5. The first-order chi connectivity index (χ1) is 11.3. The van der Waals surface area contributed by atoms with Crippen LogP contribution in [0.4, 0.5) is 0 Å². The highest BCUT2D eigenvalue weighted by molar-refractivity contribution is 5.80. The molecular weight excluding hydrogens is 286 g/mol. The van der Waals surface area contributed by atoms with Crippen molar-refractivity contribution in [1.82, 2.24) is 5.32 Å². The minimum Gasteiger partial charge on any atom is -0.493 e. The van der Waals surface area contributed by atoms with E-state index in [9.17, 15) is 4.79 Å². The average molecular weight is 309 g/mol. The van der Waals surface area contributed by atoms with Crippen LogP contribution in [0.2, 0.25) is 0 Å². The van der Waals surface area contributed by atoms with Gasteiger partial charge in [-0.25, -0.2) is 0 Å². The molecule has 1 aliphatic heterocycles. The van der Waals surface area contributed by atoms with Crippen molar-refractivity contribution < 1.29 is 9.53 Å². The zero-order chi connectivity index (χ0) is 15.4. The second-order valence-electron chi connectivity index (χ2n) is 7.70. The van der Waals surface area contributed by atoms with Crippen LogP contribution in [0.3, 0.4) is 0 Å². The Morgan fingerprint density at radius 2 is 2.22 bits per heavy atom. The second-order valence-corrected chi connectivity index (χ2v) is 7.70. The number of amides is 1. The normalized spacial score (nSPS) is 31.7. The number of benzene rings is 1. The van der Waals surface area contributed by atoms with Gasteiger partial charge in [0.1, 0.15) is 5.75 Å². The smallest absolute Gasteiger partial charge is 0.224 e. The Hall–Kier alpha value is -1.77. The maximum Gasteiger partial charge on any atom is 0.224 e. The zero-order valence-corrected chi connectivity index (χ0v) is 13.4. The summed E-state index contributed by atoms with van der Waals surface area (Å²) in [5.74, 6) is 2.64. The maximum absolute atomic E-state index is 12.6. The van der Waals surface area contributed by atoms with Gasteiger partial charge < -0.3 is 10.1 Å². The molecule has 1 aromatic carbocycles. The molecule has 2 fully saturated rings. The Labute approximate surface area is 137 Å². The number of fused-ring (bicyclic) bond motifs is 1. The minimum absolute atomic E-state index is 0.202. The van der Waals surface area contributed by atoms with E-state index in [0.717, 1.165) is 31.6 Å². The second kappa shape index (κ2) is 4.86. The molecule has 120 valence electrons. The van der Waals surface area contributed by atoms with Gasteiger partial charge in [-0.05, 0) is 66.5 Å². The number of carbonyl (C=O) groups is 1. The van der Waals surface area contributed by atoms with Crippen molar-refractivity contribution in [2.45, 2.75) is 38.6 Å². The molecule has 1 amide bonds. The minimum atomic E-state index is 0.202. The van der Waals surface area contributed by atoms with Gasteiger partial charge >= 0.3 is 0 Å². The van der Waals surface area contributed by atoms with Crippen LogP contribution in [-0.2, 0) is 17.8 Å². The summed E-state index contributed by atoms with van der Waals surface area (Å²) in [5, 5.41) is 3.18. The Morgan fingerprint density at radius 3 is 3.04 bits per heavy atom. The van der Waals surface area contributed by atoms with E-state index in [0.29, 0.717) is 23.8 Å². The first-order valence-corrected chi connectivity index (χ1v) is 8.97. The number of hydrogen-bond donors (Lipinski definition) is 1. The summed E-state index contributed by atoms with van der Waals surface area (Å²) in [5.41, 5.74) is 2.95. The van der Waals surface area contributed by atoms with Gasteiger partial charge in [0, 0.05) is 12.5 Å². The van der Waals surface area contributed by atoms with Crippen LogP contribution in [0.1, 0.15) is 36.8 Å². The van der Waals surface area contributed by atoms with Crippen molar-refractivity contribution in [1.29, 1.82) is 0 Å². The Bertz CT molecular complexity index is 689. The van der Waals surface area contributed by atoms with Gasteiger partial charge in [0.15, 0.2) is 0 Å². The molecule has 3 aliphatic carbocycles. The van der Waals surface area contributed by atoms with Crippen molar-refractivity contribution >= 4 is 5.91 Å². The van der Waals surface area contributed by atoms with Crippen molar-refractivity contribution in [2.75, 3.05) is 6.61 Å². The Morgan fingerprint density at radius 1 is 1.30 bits per heavy atom. The predicted octanol–water partition coefficient (Wildman–Crippen LogP) is 3.23. The third kappa shape index (κ3) is 2.05. The van der Waals surface area contributed by atoms with E-state index < -0.39 is 0 Å². The quantitative estimate of drug-likeness (QED) is 0.871. The molecule has 1 heterocycles. The van der Waals surface area contributed by atoms with E-state index in [-0.39, 0.29) is 11.8 Å². The van der Waals surface area contributed by atoms with E-state index in [1.54, 1.807) is 0 Å². The monoisotopic (exact) mass is 309 g/mol. The molecule has 3 heteroatoms. The number of carbonyl (C=O) groups excluding carboxylic acids is 1. The fraction of sp³-hybridized carbons (Fsp3) is 0.550. The lowest BCUT2D eigenvalue weighted by molar-refractivity contribution is -0.126. The van der Waals surface area contributed by atoms with Crippen molar-refractivity contribution in [3.63, 3.8) is 0 Å². The largest absolute Gasteiger partial charge is 0.493 e. The summed E-state index contributed by atoms with van der Waals surface area (Å²) in [6.07, 6.45) is 10.6. The van der Waals surface area contributed by atoms with Crippen molar-refractivity contribution in [3.8, 4) is 5.75 Å². The van der Waals surface area contributed by atoms with Gasteiger partial charge in [-0.2, -0.15) is 0 Å². The van der Waals surface area contributed by atoms with E-state index in [2.05, 4.69) is 35.7 Å². The molecule has 1 N–H and O–H groups in total. The summed E-state index contributed by atoms with van der Waals surface area (Å²) in [4.78, 5) is 12.6. The van der Waals surface area contributed by atoms with Gasteiger partial charge in [-0.3, -0.25) is 4.79 Å². The lowest BCUT2D eigenvalue weighted by Crippen LogP contribution is -2.33. The number of allylic oxidation sites excluding steroid dienone is 2. The number of nitrogens with one attached hydrogen (secondary N) is 1. The standard InChI is InChI=1S/C20H23NO2/c22-19(16-11-15-4-5-17(16)20(15)7-8-20)21-12-13-3-6-18-14(10-13)2-1-9-23-18/h3-6,10,15-17H,1-2,7-9,11-12H2,(H,21,22)/t15-,16-,17-/m1/s1. The molecular formula is C20H23NO2. The molecule has 5 rings (SSSR count). The summed E-state index contributed by atoms with van der Waals surface area (Å²) < 4.78 is 5.65. The molecule has 23 heavy (non-hydrogen) atoms. The molecule has 3 nitrogen and oxygen atoms in total. The van der Waals surface area contributed by atoms with Crippen LogP contribution in [0.15, 0.2) is 30.4 Å². The summed E-state index contributed by atoms with van der Waals surface area (Å²) >= 11 is 0. The predicted molar refractivity (Wildman–Crippen MR) is 88.0 cm³/mol. The van der Waals surface area contributed by atoms with Gasteiger partial charge in [0.25, 0.3) is 0 Å². The molecule has 1 aromatic rings. The lowest BCUT2D eigenvalue weighted by Gasteiger charge is -2.20. The number of rotatable bonds is 3. The first-order valence-electron chi connectivity index (χ1n) is 8.97. The molecule has 0 saturated heterocycles. The Kier molecular flexibility index (Phi) is 2.88. The van der Waals surface area contributed by atoms with Gasteiger partial charge in [0.05, 0.1) is 6.61 Å². The third-order valence-electron chi connectivity index (χ3n) is 6.50. The highest BCUT2D eigenvalue weighted by Gasteiger charge is 2.63. The van der Waals surface area contributed by atoms with Crippen molar-refractivity contribution in [3.05, 3.63) is 41.5 Å². The van der Waals surface area contributed by atoms with E-state index in [1.165, 1.54) is 24.0 Å². The van der Waals surface area contributed by atoms with Crippen LogP contribution in [0.25, 0.3) is 0 Å². The molecule has 4 aliphatic rings. The summed E-state index contributed by atoms with van der Waals surface area (Å²) in [6.45, 7) is 1.46. The van der Waals surface area contributed by atoms with Crippen LogP contribution < -0.4 is 10.1 Å². The van der Waals surface area contributed by atoms with E-state index in [1.807, 2.05) is 0 Å². The highest BCUT2D eigenvalue weighted by Crippen LogP contribution is 2.70. The van der Waals surface area contributed by atoms with Gasteiger partial charge in [-0.1, -0.05) is 24.3 Å². The first kappa shape index (κ1) is 13.6. The van der Waals surface area contributed by atoms with Crippen LogP contribution >= 0.6 is 0 Å². The summed E-state index contributed by atoms with van der Waals surface area (Å²) in [7, 11) is 0. The van der Waals surface area contributed by atoms with Crippen LogP contribution in [0, 0.1) is 23.2 Å². The zero-order valence-electron chi connectivity index (χ0n) is 13.4. The lowest BCUT2D eigenvalue weighted by atomic mass is 9.88. The number of hydrogen-bond acceptors (Lipinski definition) is 2.